The van der Waals surface area contributed by atoms with E-state index >= 15 is 0 Å². The minimum absolute atomic E-state index is 0.0973. The van der Waals surface area contributed by atoms with Crippen LogP contribution in [0.2, 0.25) is 0 Å². The standard InChI is InChI=1S/C21H31N3O4S2/c1-14(2)19(20(25)24(5)15-9-7-6-8-10-15)29-21-22-17-13-16(11-12-18(17)28-21)30(26,27)23(3)4/h11-15,19H,6-10H2,1-5H3/t19-/m1/s1. The second kappa shape index (κ2) is 9.28. The molecule has 1 saturated carbocycles. The van der Waals surface area contributed by atoms with E-state index in [1.54, 1.807) is 6.07 Å². The third kappa shape index (κ3) is 4.84. The normalized spacial score (nSPS) is 17.0. The molecule has 1 amide bonds. The average Bonchev–Trinajstić information content (AvgIpc) is 3.13. The molecule has 1 aromatic carbocycles. The van der Waals surface area contributed by atoms with E-state index < -0.39 is 10.0 Å². The Morgan fingerprint density at radius 1 is 1.17 bits per heavy atom. The summed E-state index contributed by atoms with van der Waals surface area (Å²) >= 11 is 1.31. The molecule has 1 aromatic heterocycles. The zero-order chi connectivity index (χ0) is 22.1. The van der Waals surface area contributed by atoms with Crippen molar-refractivity contribution >= 4 is 38.8 Å². The molecule has 0 unspecified atom stereocenters. The number of aromatic nitrogens is 1. The lowest BCUT2D eigenvalue weighted by Crippen LogP contribution is -2.44. The summed E-state index contributed by atoms with van der Waals surface area (Å²) in [6, 6.07) is 4.94. The molecule has 1 aliphatic rings. The monoisotopic (exact) mass is 453 g/mol. The van der Waals surface area contributed by atoms with Crippen molar-refractivity contribution in [3.63, 3.8) is 0 Å². The maximum absolute atomic E-state index is 13.2. The van der Waals surface area contributed by atoms with Crippen LogP contribution in [0, 0.1) is 5.92 Å². The van der Waals surface area contributed by atoms with Crippen LogP contribution in [0.5, 0.6) is 0 Å². The number of carbonyl (C=O) groups excluding carboxylic acids is 1. The Kier molecular flexibility index (Phi) is 7.14. The molecule has 1 fully saturated rings. The molecule has 0 spiro atoms. The van der Waals surface area contributed by atoms with Crippen molar-refractivity contribution in [2.24, 2.45) is 5.92 Å². The van der Waals surface area contributed by atoms with Crippen LogP contribution >= 0.6 is 11.8 Å². The highest BCUT2D eigenvalue weighted by Gasteiger charge is 2.32. The topological polar surface area (TPSA) is 83.7 Å². The number of benzene rings is 1. The van der Waals surface area contributed by atoms with Gasteiger partial charge in [0.1, 0.15) is 5.52 Å². The highest BCUT2D eigenvalue weighted by Crippen LogP contribution is 2.33. The van der Waals surface area contributed by atoms with Gasteiger partial charge in [0.15, 0.2) is 5.58 Å². The van der Waals surface area contributed by atoms with E-state index in [4.69, 9.17) is 4.42 Å². The summed E-state index contributed by atoms with van der Waals surface area (Å²) in [6.45, 7) is 4.05. The van der Waals surface area contributed by atoms with Crippen molar-refractivity contribution in [3.8, 4) is 0 Å². The van der Waals surface area contributed by atoms with Crippen molar-refractivity contribution in [3.05, 3.63) is 18.2 Å². The lowest BCUT2D eigenvalue weighted by molar-refractivity contribution is -0.132. The molecular weight excluding hydrogens is 422 g/mol. The fourth-order valence-corrected chi connectivity index (χ4v) is 5.70. The van der Waals surface area contributed by atoms with E-state index in [0.29, 0.717) is 22.4 Å². The van der Waals surface area contributed by atoms with Gasteiger partial charge in [0.2, 0.25) is 15.9 Å². The number of thioether (sulfide) groups is 1. The Bertz CT molecular complexity index is 995. The van der Waals surface area contributed by atoms with Crippen molar-refractivity contribution in [1.82, 2.24) is 14.2 Å². The Labute approximate surface area is 183 Å². The predicted molar refractivity (Wildman–Crippen MR) is 119 cm³/mol. The Morgan fingerprint density at radius 3 is 2.43 bits per heavy atom. The summed E-state index contributed by atoms with van der Waals surface area (Å²) in [5, 5.41) is 0.0727. The molecule has 0 bridgehead atoms. The second-order valence-corrected chi connectivity index (χ2v) is 11.7. The number of rotatable bonds is 7. The molecule has 30 heavy (non-hydrogen) atoms. The van der Waals surface area contributed by atoms with Gasteiger partial charge in [-0.25, -0.2) is 17.7 Å². The summed E-state index contributed by atoms with van der Waals surface area (Å²) < 4.78 is 31.7. The number of amides is 1. The molecule has 7 nitrogen and oxygen atoms in total. The SMILES string of the molecule is CC(C)[C@@H](Sc1nc2cc(S(=O)(=O)N(C)C)ccc2o1)C(=O)N(C)C1CCCCC1. The number of hydrogen-bond donors (Lipinski definition) is 0. The third-order valence-corrected chi connectivity index (χ3v) is 8.85. The minimum atomic E-state index is -3.55. The summed E-state index contributed by atoms with van der Waals surface area (Å²) in [5.74, 6) is 0.202. The van der Waals surface area contributed by atoms with Crippen LogP contribution in [0.1, 0.15) is 46.0 Å². The largest absolute Gasteiger partial charge is 0.431 e. The number of carbonyl (C=O) groups is 1. The average molecular weight is 454 g/mol. The quantitative estimate of drug-likeness (QED) is 0.590. The summed E-state index contributed by atoms with van der Waals surface area (Å²) in [5.41, 5.74) is 0.974. The van der Waals surface area contributed by atoms with Crippen molar-refractivity contribution in [2.45, 2.75) is 67.4 Å². The summed E-state index contributed by atoms with van der Waals surface area (Å²) in [4.78, 5) is 19.7. The zero-order valence-electron chi connectivity index (χ0n) is 18.3. The highest BCUT2D eigenvalue weighted by atomic mass is 32.2. The van der Waals surface area contributed by atoms with E-state index in [1.807, 2.05) is 25.8 Å². The van der Waals surface area contributed by atoms with Crippen LogP contribution in [0.25, 0.3) is 11.1 Å². The van der Waals surface area contributed by atoms with Gasteiger partial charge in [0, 0.05) is 27.2 Å². The molecule has 1 heterocycles. The molecule has 2 aromatic rings. The van der Waals surface area contributed by atoms with Crippen LogP contribution in [-0.2, 0) is 14.8 Å². The first-order valence-electron chi connectivity index (χ1n) is 10.4. The Balaban J connectivity index is 1.82. The van der Waals surface area contributed by atoms with Gasteiger partial charge in [-0.05, 0) is 37.0 Å². The van der Waals surface area contributed by atoms with Crippen molar-refractivity contribution < 1.29 is 17.6 Å². The van der Waals surface area contributed by atoms with Gasteiger partial charge >= 0.3 is 0 Å². The van der Waals surface area contributed by atoms with Gasteiger partial charge in [-0.15, -0.1) is 0 Å². The van der Waals surface area contributed by atoms with Gasteiger partial charge in [0.05, 0.1) is 10.1 Å². The molecule has 0 saturated heterocycles. The smallest absolute Gasteiger partial charge is 0.257 e. The van der Waals surface area contributed by atoms with Crippen LogP contribution in [0.3, 0.4) is 0 Å². The molecular formula is C21H31N3O4S2. The van der Waals surface area contributed by atoms with E-state index in [1.165, 1.54) is 61.6 Å². The van der Waals surface area contributed by atoms with E-state index in [9.17, 15) is 13.2 Å². The highest BCUT2D eigenvalue weighted by molar-refractivity contribution is 8.00. The minimum Gasteiger partial charge on any atom is -0.431 e. The van der Waals surface area contributed by atoms with Crippen LogP contribution < -0.4 is 0 Å². The van der Waals surface area contributed by atoms with Gasteiger partial charge < -0.3 is 9.32 Å². The fraction of sp³-hybridized carbons (Fsp3) is 0.619. The predicted octanol–water partition coefficient (Wildman–Crippen LogP) is 3.99. The van der Waals surface area contributed by atoms with Gasteiger partial charge in [-0.1, -0.05) is 44.9 Å². The summed E-state index contributed by atoms with van der Waals surface area (Å²) in [7, 11) is 1.34. The Morgan fingerprint density at radius 2 is 1.83 bits per heavy atom. The zero-order valence-corrected chi connectivity index (χ0v) is 19.9. The number of fused-ring (bicyclic) bond motifs is 1. The number of nitrogens with zero attached hydrogens (tertiary/aromatic N) is 3. The third-order valence-electron chi connectivity index (χ3n) is 5.66. The Hall–Kier alpha value is -1.58. The van der Waals surface area contributed by atoms with E-state index in [2.05, 4.69) is 4.98 Å². The first-order chi connectivity index (χ1) is 14.1. The molecule has 3 rings (SSSR count). The maximum Gasteiger partial charge on any atom is 0.257 e. The summed E-state index contributed by atoms with van der Waals surface area (Å²) in [6.07, 6.45) is 5.71. The van der Waals surface area contributed by atoms with E-state index in [0.717, 1.165) is 12.8 Å². The van der Waals surface area contributed by atoms with Crippen molar-refractivity contribution in [1.29, 1.82) is 0 Å². The van der Waals surface area contributed by atoms with Crippen molar-refractivity contribution in [2.75, 3.05) is 21.1 Å². The molecule has 166 valence electrons. The number of oxazole rings is 1. The maximum atomic E-state index is 13.2. The molecule has 0 radical (unpaired) electrons. The van der Waals surface area contributed by atoms with Crippen LogP contribution in [-0.4, -0.2) is 60.9 Å². The van der Waals surface area contributed by atoms with Crippen LogP contribution in [0.4, 0.5) is 0 Å². The first kappa shape index (κ1) is 23.1. The molecule has 0 aliphatic heterocycles. The number of hydrogen-bond acceptors (Lipinski definition) is 6. The fourth-order valence-electron chi connectivity index (χ4n) is 3.74. The lowest BCUT2D eigenvalue weighted by Gasteiger charge is -2.34. The molecule has 1 aliphatic carbocycles. The van der Waals surface area contributed by atoms with Gasteiger partial charge in [-0.2, -0.15) is 0 Å². The lowest BCUT2D eigenvalue weighted by atomic mass is 9.94. The first-order valence-corrected chi connectivity index (χ1v) is 12.7. The van der Waals surface area contributed by atoms with Gasteiger partial charge in [-0.3, -0.25) is 4.79 Å². The van der Waals surface area contributed by atoms with E-state index in [-0.39, 0.29) is 22.0 Å². The molecule has 0 N–H and O–H groups in total. The number of sulfonamides is 1. The second-order valence-electron chi connectivity index (χ2n) is 8.42. The molecule has 1 atom stereocenters. The molecule has 9 heteroatoms. The van der Waals surface area contributed by atoms with Crippen LogP contribution in [0.15, 0.2) is 32.7 Å². The van der Waals surface area contributed by atoms with Gasteiger partial charge in [0.25, 0.3) is 5.22 Å².